The summed E-state index contributed by atoms with van der Waals surface area (Å²) in [6, 6.07) is 4.57. The van der Waals surface area contributed by atoms with Gasteiger partial charge in [-0.2, -0.15) is 10.4 Å². The Kier molecular flexibility index (Phi) is 3.59. The van der Waals surface area contributed by atoms with Gasteiger partial charge in [-0.25, -0.2) is 9.97 Å². The van der Waals surface area contributed by atoms with Crippen LogP contribution in [0.1, 0.15) is 37.4 Å². The molecule has 1 aliphatic carbocycles. The van der Waals surface area contributed by atoms with E-state index in [4.69, 9.17) is 5.26 Å². The molecule has 0 bridgehead atoms. The standard InChI is InChI=1S/C14H16N6/c15-8-11-9-17-14(10-16-11)19-12-4-1-2-5-13(12)20-7-3-6-18-20/h3,6-7,9-10,12-13H,1-2,4-5H2,(H,17,19). The van der Waals surface area contributed by atoms with E-state index in [-0.39, 0.29) is 0 Å². The molecule has 1 fully saturated rings. The molecule has 2 atom stereocenters. The number of anilines is 1. The van der Waals surface area contributed by atoms with Crippen molar-refractivity contribution in [2.75, 3.05) is 5.32 Å². The highest BCUT2D eigenvalue weighted by molar-refractivity contribution is 5.34. The molecule has 20 heavy (non-hydrogen) atoms. The second kappa shape index (κ2) is 5.70. The van der Waals surface area contributed by atoms with Gasteiger partial charge in [-0.15, -0.1) is 0 Å². The fourth-order valence-electron chi connectivity index (χ4n) is 2.72. The van der Waals surface area contributed by atoms with E-state index >= 15 is 0 Å². The summed E-state index contributed by atoms with van der Waals surface area (Å²) < 4.78 is 2.02. The Hall–Kier alpha value is -2.42. The minimum Gasteiger partial charge on any atom is -0.364 e. The number of hydrogen-bond donors (Lipinski definition) is 1. The van der Waals surface area contributed by atoms with Crippen molar-refractivity contribution in [3.05, 3.63) is 36.5 Å². The summed E-state index contributed by atoms with van der Waals surface area (Å²) in [5.74, 6) is 0.716. The molecule has 0 aromatic carbocycles. The highest BCUT2D eigenvalue weighted by Crippen LogP contribution is 2.29. The number of nitrogens with zero attached hydrogens (tertiary/aromatic N) is 5. The van der Waals surface area contributed by atoms with Crippen LogP contribution in [0.2, 0.25) is 0 Å². The van der Waals surface area contributed by atoms with Crippen molar-refractivity contribution < 1.29 is 0 Å². The van der Waals surface area contributed by atoms with Gasteiger partial charge in [0.05, 0.1) is 24.5 Å². The molecule has 0 saturated heterocycles. The molecule has 0 amide bonds. The fourth-order valence-corrected chi connectivity index (χ4v) is 2.72. The number of aromatic nitrogens is 4. The average molecular weight is 268 g/mol. The van der Waals surface area contributed by atoms with Gasteiger partial charge in [-0.1, -0.05) is 12.8 Å². The van der Waals surface area contributed by atoms with Crippen molar-refractivity contribution in [1.82, 2.24) is 19.7 Å². The lowest BCUT2D eigenvalue weighted by atomic mass is 9.90. The SMILES string of the molecule is N#Cc1cnc(NC2CCCCC2n2cccn2)cn1. The lowest BCUT2D eigenvalue weighted by Crippen LogP contribution is -2.34. The molecular weight excluding hydrogens is 252 g/mol. The molecule has 2 unspecified atom stereocenters. The van der Waals surface area contributed by atoms with Crippen LogP contribution < -0.4 is 5.32 Å². The highest BCUT2D eigenvalue weighted by atomic mass is 15.3. The van der Waals surface area contributed by atoms with Crippen molar-refractivity contribution in [3.8, 4) is 6.07 Å². The molecule has 6 heteroatoms. The maximum absolute atomic E-state index is 8.73. The summed E-state index contributed by atoms with van der Waals surface area (Å²) in [5.41, 5.74) is 0.336. The van der Waals surface area contributed by atoms with E-state index in [0.717, 1.165) is 12.8 Å². The molecule has 2 aromatic rings. The van der Waals surface area contributed by atoms with Gasteiger partial charge < -0.3 is 5.32 Å². The van der Waals surface area contributed by atoms with Gasteiger partial charge in [0.1, 0.15) is 11.9 Å². The summed E-state index contributed by atoms with van der Waals surface area (Å²) in [4.78, 5) is 8.28. The van der Waals surface area contributed by atoms with Crippen LogP contribution in [0, 0.1) is 11.3 Å². The maximum atomic E-state index is 8.73. The first kappa shape index (κ1) is 12.6. The zero-order valence-corrected chi connectivity index (χ0v) is 11.1. The van der Waals surface area contributed by atoms with Crippen molar-refractivity contribution in [2.45, 2.75) is 37.8 Å². The molecule has 6 nitrogen and oxygen atoms in total. The topological polar surface area (TPSA) is 79.4 Å². The van der Waals surface area contributed by atoms with Gasteiger partial charge >= 0.3 is 0 Å². The molecule has 0 radical (unpaired) electrons. The van der Waals surface area contributed by atoms with Crippen LogP contribution in [-0.2, 0) is 0 Å². The first-order valence-electron chi connectivity index (χ1n) is 6.84. The summed E-state index contributed by atoms with van der Waals surface area (Å²) in [7, 11) is 0. The number of nitriles is 1. The molecular formula is C14H16N6. The second-order valence-electron chi connectivity index (χ2n) is 4.99. The van der Waals surface area contributed by atoms with Crippen LogP contribution in [-0.4, -0.2) is 25.8 Å². The Labute approximate surface area is 117 Å². The minimum atomic E-state index is 0.297. The quantitative estimate of drug-likeness (QED) is 0.922. The summed E-state index contributed by atoms with van der Waals surface area (Å²) in [5, 5.41) is 16.5. The number of nitrogens with one attached hydrogen (secondary N) is 1. The molecule has 0 spiro atoms. The molecule has 2 heterocycles. The highest BCUT2D eigenvalue weighted by Gasteiger charge is 2.27. The molecule has 3 rings (SSSR count). The van der Waals surface area contributed by atoms with Gasteiger partial charge in [0, 0.05) is 12.4 Å². The largest absolute Gasteiger partial charge is 0.364 e. The third-order valence-electron chi connectivity index (χ3n) is 3.69. The van der Waals surface area contributed by atoms with Gasteiger partial charge in [0.25, 0.3) is 0 Å². The average Bonchev–Trinajstić information content (AvgIpc) is 3.03. The summed E-state index contributed by atoms with van der Waals surface area (Å²) >= 11 is 0. The van der Waals surface area contributed by atoms with Crippen molar-refractivity contribution in [3.63, 3.8) is 0 Å². The van der Waals surface area contributed by atoms with E-state index < -0.39 is 0 Å². The van der Waals surface area contributed by atoms with Crippen LogP contribution in [0.15, 0.2) is 30.9 Å². The molecule has 1 N–H and O–H groups in total. The van der Waals surface area contributed by atoms with Crippen LogP contribution in [0.3, 0.4) is 0 Å². The van der Waals surface area contributed by atoms with E-state index in [1.54, 1.807) is 6.20 Å². The molecule has 2 aromatic heterocycles. The van der Waals surface area contributed by atoms with Crippen molar-refractivity contribution >= 4 is 5.82 Å². The number of rotatable bonds is 3. The third kappa shape index (κ3) is 2.62. The van der Waals surface area contributed by atoms with E-state index in [9.17, 15) is 0 Å². The summed E-state index contributed by atoms with van der Waals surface area (Å²) in [6.45, 7) is 0. The minimum absolute atomic E-state index is 0.297. The third-order valence-corrected chi connectivity index (χ3v) is 3.69. The van der Waals surface area contributed by atoms with Gasteiger partial charge in [0.15, 0.2) is 5.69 Å². The van der Waals surface area contributed by atoms with E-state index in [2.05, 4.69) is 20.4 Å². The Morgan fingerprint density at radius 3 is 2.85 bits per heavy atom. The van der Waals surface area contributed by atoms with Gasteiger partial charge in [0.2, 0.25) is 0 Å². The second-order valence-corrected chi connectivity index (χ2v) is 4.99. The Morgan fingerprint density at radius 2 is 2.15 bits per heavy atom. The molecule has 1 saturated carbocycles. The van der Waals surface area contributed by atoms with Crippen LogP contribution in [0.4, 0.5) is 5.82 Å². The fraction of sp³-hybridized carbons (Fsp3) is 0.429. The maximum Gasteiger partial charge on any atom is 0.158 e. The normalized spacial score (nSPS) is 22.1. The zero-order chi connectivity index (χ0) is 13.8. The Balaban J connectivity index is 1.75. The number of hydrogen-bond acceptors (Lipinski definition) is 5. The summed E-state index contributed by atoms with van der Waals surface area (Å²) in [6.07, 6.45) is 11.6. The predicted octanol–water partition coefficient (Wildman–Crippen LogP) is 2.14. The van der Waals surface area contributed by atoms with Gasteiger partial charge in [-0.05, 0) is 18.9 Å². The van der Waals surface area contributed by atoms with Crippen LogP contribution >= 0.6 is 0 Å². The molecule has 102 valence electrons. The van der Waals surface area contributed by atoms with E-state index in [1.165, 1.54) is 19.0 Å². The van der Waals surface area contributed by atoms with Crippen LogP contribution in [0.25, 0.3) is 0 Å². The van der Waals surface area contributed by atoms with E-state index in [0.29, 0.717) is 23.6 Å². The van der Waals surface area contributed by atoms with Gasteiger partial charge in [-0.3, -0.25) is 4.68 Å². The molecule has 1 aliphatic rings. The smallest absolute Gasteiger partial charge is 0.158 e. The first-order chi connectivity index (χ1) is 9.86. The predicted molar refractivity (Wildman–Crippen MR) is 73.9 cm³/mol. The monoisotopic (exact) mass is 268 g/mol. The van der Waals surface area contributed by atoms with Crippen molar-refractivity contribution in [1.29, 1.82) is 5.26 Å². The lowest BCUT2D eigenvalue weighted by molar-refractivity contribution is 0.301. The Bertz CT molecular complexity index is 583. The zero-order valence-electron chi connectivity index (χ0n) is 11.1. The lowest BCUT2D eigenvalue weighted by Gasteiger charge is -2.32. The van der Waals surface area contributed by atoms with Crippen molar-refractivity contribution in [2.24, 2.45) is 0 Å². The molecule has 0 aliphatic heterocycles. The Morgan fingerprint density at radius 1 is 1.25 bits per heavy atom. The van der Waals surface area contributed by atoms with Crippen LogP contribution in [0.5, 0.6) is 0 Å². The first-order valence-corrected chi connectivity index (χ1v) is 6.84. The van der Waals surface area contributed by atoms with E-state index in [1.807, 2.05) is 29.2 Å².